The maximum Gasteiger partial charge on any atom is 0.186 e. The van der Waals surface area contributed by atoms with E-state index >= 15 is 0 Å². The molecule has 0 aromatic carbocycles. The van der Waals surface area contributed by atoms with Crippen LogP contribution in [0.4, 0.5) is 0 Å². The van der Waals surface area contributed by atoms with E-state index in [0.29, 0.717) is 0 Å². The topological polar surface area (TPSA) is 162 Å². The van der Waals surface area contributed by atoms with Gasteiger partial charge in [-0.25, -0.2) is 4.99 Å². The van der Waals surface area contributed by atoms with Crippen LogP contribution in [0.3, 0.4) is 0 Å². The van der Waals surface area contributed by atoms with E-state index < -0.39 is 36.9 Å². The third-order valence-electron chi connectivity index (χ3n) is 1.72. The first-order chi connectivity index (χ1) is 6.93. The minimum Gasteiger partial charge on any atom is -0.394 e. The van der Waals surface area contributed by atoms with Crippen LogP contribution in [0.25, 0.3) is 0 Å². The number of carbonyl (C=O) groups excluding carboxylic acids is 1. The molecule has 88 valence electrons. The normalized spacial score (nSPS) is 18.7. The van der Waals surface area contributed by atoms with Crippen molar-refractivity contribution in [2.75, 3.05) is 6.61 Å². The van der Waals surface area contributed by atoms with E-state index in [1.807, 2.05) is 0 Å². The smallest absolute Gasteiger partial charge is 0.186 e. The van der Waals surface area contributed by atoms with Gasteiger partial charge in [0.15, 0.2) is 5.96 Å². The molecule has 0 saturated carbocycles. The molecule has 0 radical (unpaired) electrons. The van der Waals surface area contributed by atoms with Gasteiger partial charge in [0.1, 0.15) is 30.6 Å². The molecule has 0 aliphatic rings. The van der Waals surface area contributed by atoms with Gasteiger partial charge in [-0.15, -0.1) is 0 Å². The van der Waals surface area contributed by atoms with Gasteiger partial charge in [0.05, 0.1) is 6.61 Å². The van der Waals surface area contributed by atoms with Crippen LogP contribution in [0.15, 0.2) is 4.99 Å². The summed E-state index contributed by atoms with van der Waals surface area (Å²) in [5.41, 5.74) is 9.96. The van der Waals surface area contributed by atoms with Gasteiger partial charge >= 0.3 is 0 Å². The van der Waals surface area contributed by atoms with Gasteiger partial charge in [0, 0.05) is 0 Å². The van der Waals surface area contributed by atoms with Crippen molar-refractivity contribution in [1.29, 1.82) is 0 Å². The number of rotatable bonds is 6. The molecule has 0 heterocycles. The average molecular weight is 221 g/mol. The summed E-state index contributed by atoms with van der Waals surface area (Å²) in [4.78, 5) is 13.8. The molecule has 0 aromatic heterocycles. The second-order valence-electron chi connectivity index (χ2n) is 2.91. The summed E-state index contributed by atoms with van der Waals surface area (Å²) >= 11 is 0. The molecule has 0 saturated heterocycles. The minimum atomic E-state index is -1.71. The van der Waals surface area contributed by atoms with Crippen LogP contribution in [0, 0.1) is 0 Å². The van der Waals surface area contributed by atoms with E-state index in [1.54, 1.807) is 0 Å². The maximum atomic E-state index is 10.5. The van der Waals surface area contributed by atoms with Crippen LogP contribution in [-0.2, 0) is 4.79 Å². The monoisotopic (exact) mass is 221 g/mol. The highest BCUT2D eigenvalue weighted by atomic mass is 16.4. The Morgan fingerprint density at radius 2 is 1.80 bits per heavy atom. The van der Waals surface area contributed by atoms with Crippen molar-refractivity contribution in [2.45, 2.75) is 24.4 Å². The zero-order valence-electron chi connectivity index (χ0n) is 7.89. The van der Waals surface area contributed by atoms with Gasteiger partial charge in [-0.2, -0.15) is 0 Å². The van der Waals surface area contributed by atoms with Crippen LogP contribution in [0.2, 0.25) is 0 Å². The van der Waals surface area contributed by atoms with E-state index in [1.165, 1.54) is 0 Å². The molecule has 0 fully saturated rings. The Morgan fingerprint density at radius 3 is 2.13 bits per heavy atom. The molecule has 8 N–H and O–H groups in total. The zero-order valence-corrected chi connectivity index (χ0v) is 7.89. The summed E-state index contributed by atoms with van der Waals surface area (Å²) in [6, 6.07) is -1.38. The average Bonchev–Trinajstić information content (AvgIpc) is 2.22. The van der Waals surface area contributed by atoms with Gasteiger partial charge in [-0.3, -0.25) is 0 Å². The van der Waals surface area contributed by atoms with Gasteiger partial charge in [-0.1, -0.05) is 0 Å². The van der Waals surface area contributed by atoms with Crippen LogP contribution < -0.4 is 11.5 Å². The largest absolute Gasteiger partial charge is 0.394 e. The maximum absolute atomic E-state index is 10.5. The van der Waals surface area contributed by atoms with Crippen LogP contribution in [-0.4, -0.2) is 63.6 Å². The van der Waals surface area contributed by atoms with Crippen LogP contribution in [0.1, 0.15) is 0 Å². The number of guanidine groups is 1. The molecule has 15 heavy (non-hydrogen) atoms. The van der Waals surface area contributed by atoms with E-state index in [9.17, 15) is 15.0 Å². The van der Waals surface area contributed by atoms with Crippen molar-refractivity contribution >= 4 is 12.2 Å². The Balaban J connectivity index is 4.57. The Bertz CT molecular complexity index is 231. The number of aldehydes is 1. The van der Waals surface area contributed by atoms with Gasteiger partial charge in [0.2, 0.25) is 0 Å². The van der Waals surface area contributed by atoms with Crippen LogP contribution in [0.5, 0.6) is 0 Å². The minimum absolute atomic E-state index is 0.220. The van der Waals surface area contributed by atoms with Crippen LogP contribution >= 0.6 is 0 Å². The number of hydrogen-bond acceptors (Lipinski definition) is 6. The lowest BCUT2D eigenvalue weighted by molar-refractivity contribution is -0.118. The molecule has 0 spiro atoms. The summed E-state index contributed by atoms with van der Waals surface area (Å²) < 4.78 is 0. The first-order valence-electron chi connectivity index (χ1n) is 4.13. The highest BCUT2D eigenvalue weighted by molar-refractivity contribution is 5.78. The Labute approximate surface area is 85.8 Å². The molecular formula is C7H15N3O5. The lowest BCUT2D eigenvalue weighted by Crippen LogP contribution is -2.46. The van der Waals surface area contributed by atoms with E-state index in [-0.39, 0.29) is 6.29 Å². The molecule has 0 aliphatic heterocycles. The Morgan fingerprint density at radius 1 is 1.27 bits per heavy atom. The highest BCUT2D eigenvalue weighted by Gasteiger charge is 2.30. The third kappa shape index (κ3) is 4.21. The lowest BCUT2D eigenvalue weighted by atomic mass is 10.0. The lowest BCUT2D eigenvalue weighted by Gasteiger charge is -2.23. The second kappa shape index (κ2) is 6.30. The van der Waals surface area contributed by atoms with Gasteiger partial charge in [0.25, 0.3) is 0 Å². The van der Waals surface area contributed by atoms with Gasteiger partial charge in [-0.05, 0) is 0 Å². The fourth-order valence-corrected chi connectivity index (χ4v) is 0.897. The van der Waals surface area contributed by atoms with E-state index in [2.05, 4.69) is 4.99 Å². The molecule has 0 bridgehead atoms. The molecule has 0 aromatic rings. The summed E-state index contributed by atoms with van der Waals surface area (Å²) in [5, 5.41) is 36.1. The number of aliphatic imine (C=N–C) groups is 1. The fraction of sp³-hybridized carbons (Fsp3) is 0.714. The molecular weight excluding hydrogens is 206 g/mol. The van der Waals surface area contributed by atoms with E-state index in [4.69, 9.17) is 21.7 Å². The number of aliphatic hydroxyl groups is 4. The molecule has 8 nitrogen and oxygen atoms in total. The molecule has 4 atom stereocenters. The second-order valence-corrected chi connectivity index (χ2v) is 2.91. The SMILES string of the molecule is NC(N)=N[C@H](C=O)[C@@H](O)[C@H](O)[C@H](O)CO. The highest BCUT2D eigenvalue weighted by Crippen LogP contribution is 2.06. The Hall–Kier alpha value is -1.22. The predicted molar refractivity (Wildman–Crippen MR) is 50.8 cm³/mol. The molecule has 0 aliphatic carbocycles. The van der Waals surface area contributed by atoms with E-state index in [0.717, 1.165) is 0 Å². The number of hydrogen-bond donors (Lipinski definition) is 6. The fourth-order valence-electron chi connectivity index (χ4n) is 0.897. The van der Waals surface area contributed by atoms with Crippen molar-refractivity contribution in [3.8, 4) is 0 Å². The van der Waals surface area contributed by atoms with Crippen molar-refractivity contribution < 1.29 is 25.2 Å². The first kappa shape index (κ1) is 13.8. The zero-order chi connectivity index (χ0) is 12.0. The van der Waals surface area contributed by atoms with Crippen molar-refractivity contribution in [2.24, 2.45) is 16.5 Å². The molecule has 0 amide bonds. The molecule has 8 heteroatoms. The van der Waals surface area contributed by atoms with Crippen molar-refractivity contribution in [3.63, 3.8) is 0 Å². The predicted octanol–water partition coefficient (Wildman–Crippen LogP) is -4.10. The summed E-state index contributed by atoms with van der Waals surface area (Å²) in [7, 11) is 0. The standard InChI is InChI=1S/C7H15N3O5/c8-7(9)10-3(1-11)5(14)6(15)4(13)2-12/h1,3-6,12-15H,2H2,(H4,8,9,10)/t3-,4-,5-,6-/m1/s1. The van der Waals surface area contributed by atoms with Gasteiger partial charge < -0.3 is 36.7 Å². The summed E-state index contributed by atoms with van der Waals surface area (Å²) in [5.74, 6) is -0.433. The number of nitrogens with two attached hydrogens (primary N) is 2. The quantitative estimate of drug-likeness (QED) is 0.151. The first-order valence-corrected chi connectivity index (χ1v) is 4.13. The summed E-state index contributed by atoms with van der Waals surface area (Å²) in [6.07, 6.45) is -4.76. The molecule has 0 unspecified atom stereocenters. The van der Waals surface area contributed by atoms with Crippen molar-refractivity contribution in [1.82, 2.24) is 0 Å². The third-order valence-corrected chi connectivity index (χ3v) is 1.72. The number of aliphatic hydroxyl groups excluding tert-OH is 4. The number of nitrogens with zero attached hydrogens (tertiary/aromatic N) is 1. The Kier molecular flexibility index (Phi) is 5.79. The summed E-state index contributed by atoms with van der Waals surface area (Å²) in [6.45, 7) is -0.758. The number of carbonyl (C=O) groups is 1. The molecule has 0 rings (SSSR count). The van der Waals surface area contributed by atoms with Crippen molar-refractivity contribution in [3.05, 3.63) is 0 Å².